The molecular weight excluding hydrogens is 609 g/mol. The fraction of sp³-hybridized carbons (Fsp3) is 0. The van der Waals surface area contributed by atoms with Crippen molar-refractivity contribution in [1.29, 1.82) is 0 Å². The zero-order valence-electron chi connectivity index (χ0n) is 27.1. The van der Waals surface area contributed by atoms with Crippen molar-refractivity contribution in [2.75, 3.05) is 4.90 Å². The molecule has 0 radical (unpaired) electrons. The van der Waals surface area contributed by atoms with Gasteiger partial charge in [0.25, 0.3) is 0 Å². The van der Waals surface area contributed by atoms with E-state index in [2.05, 4.69) is 180 Å². The molecule has 0 aliphatic heterocycles. The molecule has 10 rings (SSSR count). The van der Waals surface area contributed by atoms with Crippen LogP contribution in [-0.4, -0.2) is 4.98 Å². The number of rotatable bonds is 5. The highest BCUT2D eigenvalue weighted by atomic mass is 16.3. The molecule has 2 aromatic heterocycles. The molecular formula is C47H30N2O. The lowest BCUT2D eigenvalue weighted by Gasteiger charge is -2.26. The first-order chi connectivity index (χ1) is 24.7. The van der Waals surface area contributed by atoms with Gasteiger partial charge in [0.15, 0.2) is 0 Å². The van der Waals surface area contributed by atoms with Gasteiger partial charge in [0.1, 0.15) is 11.2 Å². The monoisotopic (exact) mass is 638 g/mol. The van der Waals surface area contributed by atoms with Crippen molar-refractivity contribution in [1.82, 2.24) is 4.98 Å². The lowest BCUT2D eigenvalue weighted by Crippen LogP contribution is -2.09. The van der Waals surface area contributed by atoms with E-state index in [-0.39, 0.29) is 0 Å². The zero-order chi connectivity index (χ0) is 33.0. The van der Waals surface area contributed by atoms with Crippen molar-refractivity contribution < 1.29 is 4.42 Å². The SMILES string of the molecule is c1ccc2cc(-c3ccc(N(c4ccc(-c5ccc6cccnc6c5)cc4)c4ccc5c(c4)oc4cc6ccccc6cc45)cc3)ccc2c1. The number of hydrogen-bond acceptors (Lipinski definition) is 3. The number of pyridine rings is 1. The highest BCUT2D eigenvalue weighted by Gasteiger charge is 2.17. The minimum absolute atomic E-state index is 0.867. The molecule has 0 atom stereocenters. The Morgan fingerprint density at radius 1 is 0.360 bits per heavy atom. The van der Waals surface area contributed by atoms with Gasteiger partial charge in [0.2, 0.25) is 0 Å². The third-order valence-electron chi connectivity index (χ3n) is 9.85. The largest absolute Gasteiger partial charge is 0.456 e. The van der Waals surface area contributed by atoms with Crippen LogP contribution in [0.25, 0.3) is 76.6 Å². The van der Waals surface area contributed by atoms with Gasteiger partial charge in [-0.2, -0.15) is 0 Å². The Morgan fingerprint density at radius 3 is 1.62 bits per heavy atom. The molecule has 2 heterocycles. The molecule has 0 aliphatic carbocycles. The van der Waals surface area contributed by atoms with E-state index in [1.165, 1.54) is 32.7 Å². The third-order valence-corrected chi connectivity index (χ3v) is 9.85. The van der Waals surface area contributed by atoms with Gasteiger partial charge in [-0.15, -0.1) is 0 Å². The van der Waals surface area contributed by atoms with E-state index >= 15 is 0 Å². The summed E-state index contributed by atoms with van der Waals surface area (Å²) in [4.78, 5) is 6.88. The summed E-state index contributed by atoms with van der Waals surface area (Å²) < 4.78 is 6.51. The topological polar surface area (TPSA) is 29.3 Å². The maximum absolute atomic E-state index is 6.51. The fourth-order valence-electron chi connectivity index (χ4n) is 7.26. The molecule has 0 aliphatic rings. The van der Waals surface area contributed by atoms with Gasteiger partial charge in [0.05, 0.1) is 5.52 Å². The number of furan rings is 1. The molecule has 0 saturated carbocycles. The summed E-state index contributed by atoms with van der Waals surface area (Å²) >= 11 is 0. The highest BCUT2D eigenvalue weighted by Crippen LogP contribution is 2.40. The van der Waals surface area contributed by atoms with Crippen LogP contribution in [0, 0.1) is 0 Å². The smallest absolute Gasteiger partial charge is 0.137 e. The molecule has 0 unspecified atom stereocenters. The van der Waals surface area contributed by atoms with E-state index in [0.29, 0.717) is 0 Å². The molecule has 10 aromatic rings. The van der Waals surface area contributed by atoms with Crippen molar-refractivity contribution in [2.24, 2.45) is 0 Å². The zero-order valence-corrected chi connectivity index (χ0v) is 27.1. The Balaban J connectivity index is 1.08. The molecule has 3 heteroatoms. The highest BCUT2D eigenvalue weighted by molar-refractivity contribution is 6.11. The van der Waals surface area contributed by atoms with E-state index in [4.69, 9.17) is 4.42 Å². The Labute approximate surface area is 289 Å². The predicted molar refractivity (Wildman–Crippen MR) is 210 cm³/mol. The average Bonchev–Trinajstić information content (AvgIpc) is 3.53. The van der Waals surface area contributed by atoms with E-state index in [1.54, 1.807) is 0 Å². The normalized spacial score (nSPS) is 11.6. The summed E-state index contributed by atoms with van der Waals surface area (Å²) in [5.41, 5.74) is 10.6. The van der Waals surface area contributed by atoms with Crippen molar-refractivity contribution >= 4 is 71.4 Å². The van der Waals surface area contributed by atoms with Crippen molar-refractivity contribution in [3.8, 4) is 22.3 Å². The lowest BCUT2D eigenvalue weighted by atomic mass is 10.0. The van der Waals surface area contributed by atoms with Crippen LogP contribution in [0.1, 0.15) is 0 Å². The first-order valence-electron chi connectivity index (χ1n) is 16.9. The average molecular weight is 639 g/mol. The third kappa shape index (κ3) is 4.87. The summed E-state index contributed by atoms with van der Waals surface area (Å²) in [7, 11) is 0. The van der Waals surface area contributed by atoms with Crippen molar-refractivity contribution in [3.05, 3.63) is 182 Å². The summed E-state index contributed by atoms with van der Waals surface area (Å²) in [6.45, 7) is 0. The number of hydrogen-bond donors (Lipinski definition) is 0. The first-order valence-corrected chi connectivity index (χ1v) is 16.9. The van der Waals surface area contributed by atoms with Crippen LogP contribution in [0.3, 0.4) is 0 Å². The molecule has 3 nitrogen and oxygen atoms in total. The second-order valence-electron chi connectivity index (χ2n) is 12.9. The Morgan fingerprint density at radius 2 is 0.900 bits per heavy atom. The molecule has 50 heavy (non-hydrogen) atoms. The van der Waals surface area contributed by atoms with Gasteiger partial charge in [-0.25, -0.2) is 0 Å². The maximum atomic E-state index is 6.51. The van der Waals surface area contributed by atoms with E-state index < -0.39 is 0 Å². The molecule has 0 spiro atoms. The fourth-order valence-corrected chi connectivity index (χ4v) is 7.26. The maximum Gasteiger partial charge on any atom is 0.137 e. The second-order valence-corrected chi connectivity index (χ2v) is 12.9. The molecule has 8 aromatic carbocycles. The minimum atomic E-state index is 0.867. The molecule has 0 fully saturated rings. The van der Waals surface area contributed by atoms with Gasteiger partial charge < -0.3 is 9.32 Å². The predicted octanol–water partition coefficient (Wildman–Crippen LogP) is 13.2. The van der Waals surface area contributed by atoms with Gasteiger partial charge in [-0.05, 0) is 111 Å². The van der Waals surface area contributed by atoms with Crippen LogP contribution < -0.4 is 4.90 Å². The van der Waals surface area contributed by atoms with Crippen LogP contribution in [0.15, 0.2) is 187 Å². The van der Waals surface area contributed by atoms with E-state index in [0.717, 1.165) is 61.0 Å². The summed E-state index contributed by atoms with van der Waals surface area (Å²) in [5.74, 6) is 0. The van der Waals surface area contributed by atoms with Crippen molar-refractivity contribution in [2.45, 2.75) is 0 Å². The summed E-state index contributed by atoms with van der Waals surface area (Å²) in [6, 6.07) is 62.7. The summed E-state index contributed by atoms with van der Waals surface area (Å²) in [5, 5.41) is 8.26. The quantitative estimate of drug-likeness (QED) is 0.188. The van der Waals surface area contributed by atoms with Crippen molar-refractivity contribution in [3.63, 3.8) is 0 Å². The molecule has 0 amide bonds. The van der Waals surface area contributed by atoms with E-state index in [1.807, 2.05) is 12.3 Å². The number of anilines is 3. The van der Waals surface area contributed by atoms with Crippen LogP contribution in [0.5, 0.6) is 0 Å². The Bertz CT molecular complexity index is 2750. The lowest BCUT2D eigenvalue weighted by molar-refractivity contribution is 0.669. The Kier molecular flexibility index (Phi) is 6.49. The van der Waals surface area contributed by atoms with Gasteiger partial charge in [-0.3, -0.25) is 4.98 Å². The van der Waals surface area contributed by atoms with Crippen LogP contribution in [0.4, 0.5) is 17.1 Å². The van der Waals surface area contributed by atoms with Gasteiger partial charge in [0, 0.05) is 45.5 Å². The van der Waals surface area contributed by atoms with Crippen LogP contribution >= 0.6 is 0 Å². The number of aromatic nitrogens is 1. The molecule has 0 bridgehead atoms. The minimum Gasteiger partial charge on any atom is -0.456 e. The van der Waals surface area contributed by atoms with Crippen LogP contribution in [0.2, 0.25) is 0 Å². The van der Waals surface area contributed by atoms with E-state index in [9.17, 15) is 0 Å². The first kappa shape index (κ1) is 28.3. The number of benzene rings is 8. The summed E-state index contributed by atoms with van der Waals surface area (Å²) in [6.07, 6.45) is 1.85. The molecule has 0 N–H and O–H groups in total. The van der Waals surface area contributed by atoms with Gasteiger partial charge in [-0.1, -0.05) is 103 Å². The second kappa shape index (κ2) is 11.5. The number of nitrogens with zero attached hydrogens (tertiary/aromatic N) is 2. The van der Waals surface area contributed by atoms with Gasteiger partial charge >= 0.3 is 0 Å². The molecule has 0 saturated heterocycles. The number of fused-ring (bicyclic) bond motifs is 6. The molecule has 234 valence electrons. The van der Waals surface area contributed by atoms with Crippen LogP contribution in [-0.2, 0) is 0 Å². The Hall–Kier alpha value is -6.71. The standard InChI is InChI=1S/C47H30N2O/c1-2-7-35-26-38(13-11-31(35)6-1)32-15-19-40(20-16-32)49(41-21-17-33(18-22-41)39-14-12-34-10-5-25-48-45(34)28-39)42-23-24-43-44-27-36-8-3-4-9-37(36)29-46(44)50-47(43)30-42/h1-30H.